The molecule has 0 bridgehead atoms. The Hall–Kier alpha value is -1.99. The van der Waals surface area contributed by atoms with Crippen LogP contribution in [0.5, 0.6) is 0 Å². The van der Waals surface area contributed by atoms with Crippen LogP contribution < -0.4 is 9.62 Å². The summed E-state index contributed by atoms with van der Waals surface area (Å²) >= 11 is 0. The Morgan fingerprint density at radius 2 is 2.00 bits per heavy atom. The molecule has 0 radical (unpaired) electrons. The number of rotatable bonds is 5. The Morgan fingerprint density at radius 1 is 1.19 bits per heavy atom. The minimum atomic E-state index is -3.15. The number of nitrogens with zero attached hydrogens (tertiary/aromatic N) is 1. The van der Waals surface area contributed by atoms with Crippen molar-refractivity contribution in [3.63, 3.8) is 0 Å². The number of nitrogens with one attached hydrogen (secondary N) is 1. The van der Waals surface area contributed by atoms with Crippen molar-refractivity contribution in [3.8, 4) is 0 Å². The summed E-state index contributed by atoms with van der Waals surface area (Å²) in [6, 6.07) is 14.1. The zero-order valence-corrected chi connectivity index (χ0v) is 16.3. The molecule has 27 heavy (non-hydrogen) atoms. The summed E-state index contributed by atoms with van der Waals surface area (Å²) in [7, 11) is -1.25. The third kappa shape index (κ3) is 3.46. The van der Waals surface area contributed by atoms with Crippen molar-refractivity contribution in [2.75, 3.05) is 17.9 Å². The molecule has 1 aliphatic carbocycles. The largest absolute Gasteiger partial charge is 0.467 e. The Morgan fingerprint density at radius 3 is 2.81 bits per heavy atom. The monoisotopic (exact) mass is 386 g/mol. The molecule has 0 fully saturated rings. The number of hydrogen-bond acceptors (Lipinski definition) is 5. The van der Waals surface area contributed by atoms with E-state index in [1.54, 1.807) is 4.31 Å². The van der Waals surface area contributed by atoms with E-state index in [0.29, 0.717) is 6.42 Å². The highest BCUT2D eigenvalue weighted by molar-refractivity contribution is 8.26. The van der Waals surface area contributed by atoms with Gasteiger partial charge < -0.3 is 10.1 Å². The molecule has 0 amide bonds. The van der Waals surface area contributed by atoms with Gasteiger partial charge in [0.15, 0.2) is 0 Å². The number of hydrogen-bond donors (Lipinski definition) is 3. The summed E-state index contributed by atoms with van der Waals surface area (Å²) in [6.07, 6.45) is 7.04. The molecule has 1 atom stereocenters. The molecule has 0 saturated carbocycles. The molecule has 0 spiro atoms. The lowest BCUT2D eigenvalue weighted by Gasteiger charge is -2.53. The summed E-state index contributed by atoms with van der Waals surface area (Å²) in [4.78, 5) is 0. The van der Waals surface area contributed by atoms with Crippen molar-refractivity contribution in [2.24, 2.45) is 0 Å². The smallest absolute Gasteiger partial charge is 0.206 e. The standard InChI is InChI=1S/C21H26N2O3S/c1-22-14-6-11-21-26-20-10-5-4-9-19(20)23(27(21,24)25)18-13-12-16-7-2-3-8-17(16)15-18/h2-3,5,7-8,10,12-13,15,21-22,24-25H,4,6,9,11,14H2,1H3. The van der Waals surface area contributed by atoms with Crippen LogP contribution >= 0.6 is 10.8 Å². The molecule has 2 aromatic rings. The summed E-state index contributed by atoms with van der Waals surface area (Å²) in [5, 5.41) is 5.32. The number of allylic oxidation sites excluding steroid dienone is 3. The lowest BCUT2D eigenvalue weighted by Crippen LogP contribution is -2.41. The van der Waals surface area contributed by atoms with Gasteiger partial charge in [-0.15, -0.1) is 0 Å². The molecule has 5 nitrogen and oxygen atoms in total. The zero-order chi connectivity index (χ0) is 18.9. The summed E-state index contributed by atoms with van der Waals surface area (Å²) in [5.74, 6) is 0.759. The molecule has 4 rings (SSSR count). The predicted molar refractivity (Wildman–Crippen MR) is 113 cm³/mol. The molecule has 1 heterocycles. The van der Waals surface area contributed by atoms with E-state index in [-0.39, 0.29) is 0 Å². The fraction of sp³-hybridized carbons (Fsp3) is 0.333. The van der Waals surface area contributed by atoms with Gasteiger partial charge in [-0.05, 0) is 61.8 Å². The fourth-order valence-corrected chi connectivity index (χ4v) is 5.58. The number of benzene rings is 2. The maximum atomic E-state index is 11.2. The van der Waals surface area contributed by atoms with Gasteiger partial charge in [-0.25, -0.2) is 4.31 Å². The quantitative estimate of drug-likeness (QED) is 0.614. The van der Waals surface area contributed by atoms with Crippen molar-refractivity contribution >= 4 is 27.2 Å². The second-order valence-electron chi connectivity index (χ2n) is 6.93. The summed E-state index contributed by atoms with van der Waals surface area (Å²) in [6.45, 7) is 0.813. The van der Waals surface area contributed by atoms with Crippen LogP contribution in [0, 0.1) is 0 Å². The second kappa shape index (κ2) is 7.56. The molecular formula is C21H26N2O3S. The SMILES string of the molecule is CNCCCC1OC2=C(CCC=C2)N(c2ccc3ccccc3c2)S1(O)O. The van der Waals surface area contributed by atoms with E-state index in [1.807, 2.05) is 49.5 Å². The topological polar surface area (TPSA) is 65.0 Å². The summed E-state index contributed by atoms with van der Waals surface area (Å²) in [5.41, 5.74) is 1.02. The molecule has 0 saturated heterocycles. The van der Waals surface area contributed by atoms with Gasteiger partial charge in [0.05, 0.1) is 11.4 Å². The zero-order valence-electron chi connectivity index (χ0n) is 15.5. The number of ether oxygens (including phenoxy) is 1. The van der Waals surface area contributed by atoms with Gasteiger partial charge in [-0.1, -0.05) is 47.2 Å². The molecule has 6 heteroatoms. The molecule has 1 unspecified atom stereocenters. The lowest BCUT2D eigenvalue weighted by molar-refractivity contribution is 0.154. The van der Waals surface area contributed by atoms with E-state index < -0.39 is 16.2 Å². The van der Waals surface area contributed by atoms with Gasteiger partial charge in [0, 0.05) is 6.42 Å². The van der Waals surface area contributed by atoms with Crippen LogP contribution in [0.4, 0.5) is 5.69 Å². The van der Waals surface area contributed by atoms with Crippen LogP contribution in [0.15, 0.2) is 66.1 Å². The first-order valence-electron chi connectivity index (χ1n) is 9.38. The van der Waals surface area contributed by atoms with Crippen molar-refractivity contribution in [1.82, 2.24) is 5.32 Å². The minimum Gasteiger partial charge on any atom is -0.467 e. The van der Waals surface area contributed by atoms with Crippen molar-refractivity contribution in [2.45, 2.75) is 31.1 Å². The summed E-state index contributed by atoms with van der Waals surface area (Å²) < 4.78 is 30.2. The molecule has 2 aromatic carbocycles. The highest BCUT2D eigenvalue weighted by Crippen LogP contribution is 2.59. The van der Waals surface area contributed by atoms with Crippen LogP contribution in [0.1, 0.15) is 25.7 Å². The van der Waals surface area contributed by atoms with Crippen LogP contribution in [0.25, 0.3) is 10.8 Å². The highest BCUT2D eigenvalue weighted by atomic mass is 32.3. The average molecular weight is 387 g/mol. The Labute approximate surface area is 161 Å². The third-order valence-electron chi connectivity index (χ3n) is 5.06. The minimum absolute atomic E-state index is 0.581. The maximum Gasteiger partial charge on any atom is 0.206 e. The first-order valence-corrected chi connectivity index (χ1v) is 10.9. The first-order chi connectivity index (χ1) is 13.1. The van der Waals surface area contributed by atoms with Gasteiger partial charge in [0.1, 0.15) is 5.76 Å². The van der Waals surface area contributed by atoms with Crippen molar-refractivity contribution in [1.29, 1.82) is 0 Å². The van der Waals surface area contributed by atoms with Crippen molar-refractivity contribution < 1.29 is 13.8 Å². The molecule has 3 N–H and O–H groups in total. The highest BCUT2D eigenvalue weighted by Gasteiger charge is 2.42. The Kier molecular flexibility index (Phi) is 5.14. The van der Waals surface area contributed by atoms with Crippen molar-refractivity contribution in [3.05, 3.63) is 66.1 Å². The van der Waals surface area contributed by atoms with Crippen LogP contribution in [-0.2, 0) is 4.74 Å². The number of fused-ring (bicyclic) bond motifs is 1. The van der Waals surface area contributed by atoms with E-state index in [4.69, 9.17) is 4.74 Å². The fourth-order valence-electron chi connectivity index (χ4n) is 3.70. The predicted octanol–water partition coefficient (Wildman–Crippen LogP) is 5.23. The van der Waals surface area contributed by atoms with Crippen LogP contribution in [-0.4, -0.2) is 28.1 Å². The molecule has 144 valence electrons. The average Bonchev–Trinajstić information content (AvgIpc) is 2.68. The molecule has 2 aliphatic rings. The van der Waals surface area contributed by atoms with Gasteiger partial charge in [0.25, 0.3) is 0 Å². The van der Waals surface area contributed by atoms with Gasteiger partial charge in [-0.2, -0.15) is 0 Å². The third-order valence-corrected chi connectivity index (χ3v) is 7.07. The molecular weight excluding hydrogens is 360 g/mol. The maximum absolute atomic E-state index is 11.2. The van der Waals surface area contributed by atoms with Crippen LogP contribution in [0.2, 0.25) is 0 Å². The Balaban J connectivity index is 1.77. The first kappa shape index (κ1) is 18.4. The Bertz CT molecular complexity index is 894. The molecule has 1 aliphatic heterocycles. The van der Waals surface area contributed by atoms with Gasteiger partial charge >= 0.3 is 0 Å². The van der Waals surface area contributed by atoms with Crippen LogP contribution in [0.3, 0.4) is 0 Å². The van der Waals surface area contributed by atoms with Gasteiger partial charge in [0.2, 0.25) is 5.44 Å². The lowest BCUT2D eigenvalue weighted by atomic mass is 10.1. The van der Waals surface area contributed by atoms with E-state index in [1.165, 1.54) is 0 Å². The van der Waals surface area contributed by atoms with E-state index in [9.17, 15) is 9.11 Å². The van der Waals surface area contributed by atoms with E-state index >= 15 is 0 Å². The second-order valence-corrected chi connectivity index (χ2v) is 8.95. The number of anilines is 1. The van der Waals surface area contributed by atoms with Gasteiger partial charge in [-0.3, -0.25) is 9.11 Å². The van der Waals surface area contributed by atoms with E-state index in [0.717, 1.165) is 53.7 Å². The normalized spacial score (nSPS) is 22.5. The van der Waals surface area contributed by atoms with E-state index in [2.05, 4.69) is 17.5 Å². The molecule has 0 aromatic heterocycles.